The topological polar surface area (TPSA) is 66.4 Å². The average molecular weight is 269 g/mol. The molecule has 100 valence electrons. The van der Waals surface area contributed by atoms with Crippen LogP contribution in [-0.2, 0) is 10.0 Å². The molecule has 1 saturated carbocycles. The van der Waals surface area contributed by atoms with E-state index in [9.17, 15) is 13.5 Å². The predicted octanol–water partition coefficient (Wildman–Crippen LogP) is 2.78. The van der Waals surface area contributed by atoms with E-state index in [1.54, 1.807) is 25.1 Å². The van der Waals surface area contributed by atoms with Gasteiger partial charge in [-0.25, -0.2) is 8.42 Å². The summed E-state index contributed by atoms with van der Waals surface area (Å²) in [6.45, 7) is 1.74. The van der Waals surface area contributed by atoms with Crippen LogP contribution in [0, 0.1) is 6.92 Å². The maximum absolute atomic E-state index is 12.2. The van der Waals surface area contributed by atoms with Crippen molar-refractivity contribution >= 4 is 15.7 Å². The standard InChI is InChI=1S/C13H19NO3S/c1-10-6-5-9-12(13(10)15)14-18(16,17)11-7-3-2-4-8-11/h5-6,9,11,14-15H,2-4,7-8H2,1H3. The predicted molar refractivity (Wildman–Crippen MR) is 72.3 cm³/mol. The monoisotopic (exact) mass is 269 g/mol. The highest BCUT2D eigenvalue weighted by molar-refractivity contribution is 7.93. The lowest BCUT2D eigenvalue weighted by Crippen LogP contribution is -2.29. The van der Waals surface area contributed by atoms with Gasteiger partial charge in [-0.05, 0) is 31.4 Å². The zero-order chi connectivity index (χ0) is 13.2. The Morgan fingerprint density at radius 1 is 1.22 bits per heavy atom. The number of aromatic hydroxyl groups is 1. The maximum atomic E-state index is 12.2. The fourth-order valence-corrected chi connectivity index (χ4v) is 3.95. The smallest absolute Gasteiger partial charge is 0.235 e. The minimum Gasteiger partial charge on any atom is -0.505 e. The van der Waals surface area contributed by atoms with Crippen molar-refractivity contribution in [3.63, 3.8) is 0 Å². The van der Waals surface area contributed by atoms with Gasteiger partial charge in [0, 0.05) is 0 Å². The molecule has 1 fully saturated rings. The van der Waals surface area contributed by atoms with Gasteiger partial charge in [-0.15, -0.1) is 0 Å². The van der Waals surface area contributed by atoms with Crippen LogP contribution in [-0.4, -0.2) is 18.8 Å². The van der Waals surface area contributed by atoms with Crippen LogP contribution in [0.2, 0.25) is 0 Å². The summed E-state index contributed by atoms with van der Waals surface area (Å²) in [6.07, 6.45) is 4.46. The Bertz CT molecular complexity index is 519. The lowest BCUT2D eigenvalue weighted by molar-refractivity contribution is 0.472. The number of rotatable bonds is 3. The number of para-hydroxylation sites is 1. The molecule has 1 aliphatic rings. The number of sulfonamides is 1. The second-order valence-corrected chi connectivity index (χ2v) is 6.84. The van der Waals surface area contributed by atoms with Crippen molar-refractivity contribution in [3.8, 4) is 5.75 Å². The van der Waals surface area contributed by atoms with Crippen molar-refractivity contribution in [1.82, 2.24) is 0 Å². The summed E-state index contributed by atoms with van der Waals surface area (Å²) >= 11 is 0. The third-order valence-corrected chi connectivity index (χ3v) is 5.33. The summed E-state index contributed by atoms with van der Waals surface area (Å²) in [6, 6.07) is 5.06. The number of hydrogen-bond donors (Lipinski definition) is 2. The molecule has 0 aromatic heterocycles. The van der Waals surface area contributed by atoms with Crippen LogP contribution in [0.25, 0.3) is 0 Å². The van der Waals surface area contributed by atoms with Crippen molar-refractivity contribution < 1.29 is 13.5 Å². The molecule has 0 saturated heterocycles. The number of nitrogens with one attached hydrogen (secondary N) is 1. The summed E-state index contributed by atoms with van der Waals surface area (Å²) in [5.41, 5.74) is 0.944. The SMILES string of the molecule is Cc1cccc(NS(=O)(=O)C2CCCCC2)c1O. The first-order valence-electron chi connectivity index (χ1n) is 6.31. The van der Waals surface area contributed by atoms with E-state index in [0.717, 1.165) is 19.3 Å². The van der Waals surface area contributed by atoms with Crippen LogP contribution in [0.5, 0.6) is 5.75 Å². The Morgan fingerprint density at radius 3 is 2.56 bits per heavy atom. The third-order valence-electron chi connectivity index (χ3n) is 3.48. The van der Waals surface area contributed by atoms with E-state index in [1.165, 1.54) is 0 Å². The van der Waals surface area contributed by atoms with Gasteiger partial charge in [-0.1, -0.05) is 31.4 Å². The number of phenols is 1. The summed E-state index contributed by atoms with van der Waals surface area (Å²) < 4.78 is 26.9. The number of benzene rings is 1. The van der Waals surface area contributed by atoms with Gasteiger partial charge in [0.05, 0.1) is 10.9 Å². The molecule has 1 aromatic rings. The van der Waals surface area contributed by atoms with E-state index in [4.69, 9.17) is 0 Å². The highest BCUT2D eigenvalue weighted by Gasteiger charge is 2.27. The van der Waals surface area contributed by atoms with Gasteiger partial charge in [0.2, 0.25) is 10.0 Å². The molecule has 5 heteroatoms. The Hall–Kier alpha value is -1.23. The maximum Gasteiger partial charge on any atom is 0.235 e. The minimum atomic E-state index is -3.39. The van der Waals surface area contributed by atoms with Gasteiger partial charge in [-0.3, -0.25) is 4.72 Å². The van der Waals surface area contributed by atoms with Crippen LogP contribution >= 0.6 is 0 Å². The second kappa shape index (κ2) is 5.18. The van der Waals surface area contributed by atoms with Crippen LogP contribution in [0.15, 0.2) is 18.2 Å². The van der Waals surface area contributed by atoms with E-state index < -0.39 is 10.0 Å². The summed E-state index contributed by atoms with van der Waals surface area (Å²) in [5, 5.41) is 9.50. The number of anilines is 1. The van der Waals surface area contributed by atoms with Gasteiger partial charge in [0.1, 0.15) is 5.75 Å². The first-order valence-corrected chi connectivity index (χ1v) is 7.85. The lowest BCUT2D eigenvalue weighted by atomic mass is 10.0. The highest BCUT2D eigenvalue weighted by Crippen LogP contribution is 2.30. The molecule has 0 aliphatic heterocycles. The van der Waals surface area contributed by atoms with E-state index in [-0.39, 0.29) is 16.7 Å². The zero-order valence-corrected chi connectivity index (χ0v) is 11.3. The van der Waals surface area contributed by atoms with Crippen molar-refractivity contribution in [2.75, 3.05) is 4.72 Å². The van der Waals surface area contributed by atoms with E-state index >= 15 is 0 Å². The molecule has 0 unspecified atom stereocenters. The van der Waals surface area contributed by atoms with Crippen LogP contribution in [0.1, 0.15) is 37.7 Å². The Labute approximate surface area is 108 Å². The molecule has 0 heterocycles. The molecule has 4 nitrogen and oxygen atoms in total. The fourth-order valence-electron chi connectivity index (χ4n) is 2.35. The molecule has 1 aromatic carbocycles. The van der Waals surface area contributed by atoms with Crippen molar-refractivity contribution in [2.24, 2.45) is 0 Å². The molecular weight excluding hydrogens is 250 g/mol. The number of hydrogen-bond acceptors (Lipinski definition) is 3. The summed E-state index contributed by atoms with van der Waals surface area (Å²) in [5.74, 6) is 0.0110. The summed E-state index contributed by atoms with van der Waals surface area (Å²) in [7, 11) is -3.39. The zero-order valence-electron chi connectivity index (χ0n) is 10.5. The molecule has 0 radical (unpaired) electrons. The summed E-state index contributed by atoms with van der Waals surface area (Å²) in [4.78, 5) is 0. The lowest BCUT2D eigenvalue weighted by Gasteiger charge is -2.22. The minimum absolute atomic E-state index is 0.0110. The van der Waals surface area contributed by atoms with Gasteiger partial charge in [-0.2, -0.15) is 0 Å². The van der Waals surface area contributed by atoms with Crippen LogP contribution in [0.4, 0.5) is 5.69 Å². The van der Waals surface area contributed by atoms with Crippen molar-refractivity contribution in [1.29, 1.82) is 0 Å². The molecule has 2 rings (SSSR count). The van der Waals surface area contributed by atoms with Gasteiger partial charge >= 0.3 is 0 Å². The second-order valence-electron chi connectivity index (χ2n) is 4.88. The first-order chi connectivity index (χ1) is 8.50. The van der Waals surface area contributed by atoms with Gasteiger partial charge < -0.3 is 5.11 Å². The molecule has 1 aliphatic carbocycles. The molecule has 2 N–H and O–H groups in total. The molecule has 0 amide bonds. The first kappa shape index (κ1) is 13.2. The largest absolute Gasteiger partial charge is 0.505 e. The normalized spacial score (nSPS) is 17.6. The third kappa shape index (κ3) is 2.77. The van der Waals surface area contributed by atoms with Gasteiger partial charge in [0.25, 0.3) is 0 Å². The number of phenolic OH excluding ortho intramolecular Hbond substituents is 1. The van der Waals surface area contributed by atoms with E-state index in [1.807, 2.05) is 0 Å². The average Bonchev–Trinajstić information content (AvgIpc) is 2.36. The highest BCUT2D eigenvalue weighted by atomic mass is 32.2. The fraction of sp³-hybridized carbons (Fsp3) is 0.538. The van der Waals surface area contributed by atoms with E-state index in [2.05, 4.69) is 4.72 Å². The molecule has 0 spiro atoms. The molecular formula is C13H19NO3S. The van der Waals surface area contributed by atoms with Crippen LogP contribution < -0.4 is 4.72 Å². The Balaban J connectivity index is 2.19. The molecule has 0 bridgehead atoms. The molecule has 0 atom stereocenters. The Morgan fingerprint density at radius 2 is 1.89 bits per heavy atom. The van der Waals surface area contributed by atoms with Crippen molar-refractivity contribution in [3.05, 3.63) is 23.8 Å². The Kier molecular flexibility index (Phi) is 3.80. The van der Waals surface area contributed by atoms with Gasteiger partial charge in [0.15, 0.2) is 0 Å². The van der Waals surface area contributed by atoms with Crippen LogP contribution in [0.3, 0.4) is 0 Å². The van der Waals surface area contributed by atoms with E-state index in [0.29, 0.717) is 18.4 Å². The quantitative estimate of drug-likeness (QED) is 0.829. The molecule has 18 heavy (non-hydrogen) atoms. The number of aryl methyl sites for hydroxylation is 1. The van der Waals surface area contributed by atoms with Crippen molar-refractivity contribution in [2.45, 2.75) is 44.3 Å².